The summed E-state index contributed by atoms with van der Waals surface area (Å²) in [6.07, 6.45) is 1.54. The number of hydrogen-bond donors (Lipinski definition) is 0. The molecule has 3 aromatic rings. The smallest absolute Gasteiger partial charge is 0.267 e. The molecule has 6 nitrogen and oxygen atoms in total. The lowest BCUT2D eigenvalue weighted by atomic mass is 10.2. The average Bonchev–Trinajstić information content (AvgIpc) is 3.17. The maximum absolute atomic E-state index is 13.0. The molecule has 2 heterocycles. The Morgan fingerprint density at radius 3 is 2.69 bits per heavy atom. The van der Waals surface area contributed by atoms with Crippen molar-refractivity contribution >= 4 is 11.6 Å². The quantitative estimate of drug-likeness (QED) is 0.706. The van der Waals surface area contributed by atoms with E-state index >= 15 is 0 Å². The summed E-state index contributed by atoms with van der Waals surface area (Å²) in [6, 6.07) is 13.5. The number of amides is 1. The lowest BCUT2D eigenvalue weighted by Crippen LogP contribution is -2.40. The van der Waals surface area contributed by atoms with Crippen molar-refractivity contribution in [1.29, 1.82) is 0 Å². The van der Waals surface area contributed by atoms with Crippen LogP contribution >= 0.6 is 0 Å². The van der Waals surface area contributed by atoms with Gasteiger partial charge in [-0.15, -0.1) is 0 Å². The first-order chi connectivity index (χ1) is 12.5. The lowest BCUT2D eigenvalue weighted by Gasteiger charge is -2.25. The molecule has 0 saturated carbocycles. The minimum atomic E-state index is -0.738. The van der Waals surface area contributed by atoms with Gasteiger partial charge in [-0.1, -0.05) is 12.1 Å². The fourth-order valence-electron chi connectivity index (χ4n) is 2.85. The summed E-state index contributed by atoms with van der Waals surface area (Å²) in [5.74, 6) is 0.355. The van der Waals surface area contributed by atoms with Gasteiger partial charge in [-0.25, -0.2) is 4.68 Å². The molecule has 3 rings (SSSR count). The third-order valence-electron chi connectivity index (χ3n) is 4.22. The summed E-state index contributed by atoms with van der Waals surface area (Å²) >= 11 is 0. The molecule has 0 radical (unpaired) electrons. The molecule has 0 saturated heterocycles. The predicted molar refractivity (Wildman–Crippen MR) is 100 cm³/mol. The molecule has 0 aliphatic rings. The number of aryl methyl sites for hydroxylation is 1. The number of nitrogens with zero attached hydrogens (tertiary/aromatic N) is 3. The van der Waals surface area contributed by atoms with Crippen molar-refractivity contribution in [2.45, 2.75) is 26.8 Å². The molecular formula is C20H21N3O3. The fourth-order valence-corrected chi connectivity index (χ4v) is 2.85. The first kappa shape index (κ1) is 17.7. The molecule has 0 aliphatic carbocycles. The Kier molecular flexibility index (Phi) is 5.02. The topological polar surface area (TPSA) is 68.3 Å². The highest BCUT2D eigenvalue weighted by atomic mass is 16.3. The molecule has 0 N–H and O–H groups in total. The number of hydrogen-bond acceptors (Lipinski definition) is 4. The zero-order chi connectivity index (χ0) is 18.7. The van der Waals surface area contributed by atoms with Crippen LogP contribution in [-0.4, -0.2) is 22.2 Å². The van der Waals surface area contributed by atoms with E-state index in [-0.39, 0.29) is 11.5 Å². The van der Waals surface area contributed by atoms with Crippen LogP contribution in [0.1, 0.15) is 25.5 Å². The maximum Gasteiger partial charge on any atom is 0.267 e. The number of furan rings is 1. The third-order valence-corrected chi connectivity index (χ3v) is 4.22. The minimum Gasteiger partial charge on any atom is -0.463 e. The molecule has 134 valence electrons. The Morgan fingerprint density at radius 2 is 2.04 bits per heavy atom. The van der Waals surface area contributed by atoms with Crippen molar-refractivity contribution in [2.75, 3.05) is 11.4 Å². The SMILES string of the molecule is CCN(C(=O)C(C)n1nc(-c2ccco2)ccc1=O)c1cccc(C)c1. The molecule has 1 amide bonds. The number of rotatable bonds is 5. The van der Waals surface area contributed by atoms with E-state index in [0.717, 1.165) is 11.3 Å². The van der Waals surface area contributed by atoms with Gasteiger partial charge in [0.05, 0.1) is 6.26 Å². The van der Waals surface area contributed by atoms with E-state index in [1.165, 1.54) is 17.0 Å². The van der Waals surface area contributed by atoms with Gasteiger partial charge in [0.25, 0.3) is 11.5 Å². The van der Waals surface area contributed by atoms with Gasteiger partial charge < -0.3 is 9.32 Å². The number of carbonyl (C=O) groups is 1. The zero-order valence-electron chi connectivity index (χ0n) is 15.0. The average molecular weight is 351 g/mol. The molecule has 1 atom stereocenters. The summed E-state index contributed by atoms with van der Waals surface area (Å²) in [5, 5.41) is 4.33. The number of likely N-dealkylation sites (N-methyl/N-ethyl adjacent to an activating group) is 1. The van der Waals surface area contributed by atoms with Crippen LogP contribution in [0.3, 0.4) is 0 Å². The van der Waals surface area contributed by atoms with E-state index in [2.05, 4.69) is 5.10 Å². The van der Waals surface area contributed by atoms with Crippen LogP contribution in [-0.2, 0) is 4.79 Å². The first-order valence-electron chi connectivity index (χ1n) is 8.53. The normalized spacial score (nSPS) is 12.0. The molecule has 0 aliphatic heterocycles. The van der Waals surface area contributed by atoms with Crippen molar-refractivity contribution in [2.24, 2.45) is 0 Å². The lowest BCUT2D eigenvalue weighted by molar-refractivity contribution is -0.121. The van der Waals surface area contributed by atoms with Crippen LogP contribution in [0.15, 0.2) is 64.0 Å². The van der Waals surface area contributed by atoms with Gasteiger partial charge in [0.1, 0.15) is 11.7 Å². The van der Waals surface area contributed by atoms with Gasteiger partial charge in [0.2, 0.25) is 0 Å². The predicted octanol–water partition coefficient (Wildman–Crippen LogP) is 3.43. The van der Waals surface area contributed by atoms with Gasteiger partial charge in [-0.2, -0.15) is 5.10 Å². The van der Waals surface area contributed by atoms with Crippen LogP contribution in [0.25, 0.3) is 11.5 Å². The first-order valence-corrected chi connectivity index (χ1v) is 8.53. The van der Waals surface area contributed by atoms with E-state index in [1.807, 2.05) is 38.1 Å². The van der Waals surface area contributed by atoms with Crippen LogP contribution in [0, 0.1) is 6.92 Å². The van der Waals surface area contributed by atoms with Crippen LogP contribution in [0.5, 0.6) is 0 Å². The Hall–Kier alpha value is -3.15. The molecule has 0 fully saturated rings. The molecule has 26 heavy (non-hydrogen) atoms. The Balaban J connectivity index is 1.95. The van der Waals surface area contributed by atoms with Gasteiger partial charge in [-0.05, 0) is 56.7 Å². The van der Waals surface area contributed by atoms with Gasteiger partial charge >= 0.3 is 0 Å². The van der Waals surface area contributed by atoms with Crippen molar-refractivity contribution in [1.82, 2.24) is 9.78 Å². The third kappa shape index (κ3) is 3.44. The largest absolute Gasteiger partial charge is 0.463 e. The summed E-state index contributed by atoms with van der Waals surface area (Å²) in [4.78, 5) is 27.0. The van der Waals surface area contributed by atoms with E-state index in [1.54, 1.807) is 30.0 Å². The summed E-state index contributed by atoms with van der Waals surface area (Å²) in [7, 11) is 0. The van der Waals surface area contributed by atoms with Crippen molar-refractivity contribution in [3.63, 3.8) is 0 Å². The minimum absolute atomic E-state index is 0.190. The molecule has 6 heteroatoms. The van der Waals surface area contributed by atoms with Crippen LogP contribution in [0.4, 0.5) is 5.69 Å². The molecule has 2 aromatic heterocycles. The van der Waals surface area contributed by atoms with E-state index in [0.29, 0.717) is 18.0 Å². The molecule has 0 bridgehead atoms. The zero-order valence-corrected chi connectivity index (χ0v) is 15.0. The van der Waals surface area contributed by atoms with Gasteiger partial charge in [-0.3, -0.25) is 9.59 Å². The second kappa shape index (κ2) is 7.39. The maximum atomic E-state index is 13.0. The number of benzene rings is 1. The summed E-state index contributed by atoms with van der Waals surface area (Å²) < 4.78 is 6.54. The Labute approximate surface area is 151 Å². The van der Waals surface area contributed by atoms with Gasteiger partial charge in [0.15, 0.2) is 5.76 Å². The fraction of sp³-hybridized carbons (Fsp3) is 0.250. The molecular weight excluding hydrogens is 330 g/mol. The summed E-state index contributed by atoms with van der Waals surface area (Å²) in [5.41, 5.74) is 2.05. The molecule has 0 spiro atoms. The Bertz CT molecular complexity index is 960. The molecule has 1 unspecified atom stereocenters. The second-order valence-electron chi connectivity index (χ2n) is 6.08. The monoisotopic (exact) mass is 351 g/mol. The van der Waals surface area contributed by atoms with Crippen LogP contribution in [0.2, 0.25) is 0 Å². The highest BCUT2D eigenvalue weighted by Gasteiger charge is 2.24. The highest BCUT2D eigenvalue weighted by Crippen LogP contribution is 2.20. The van der Waals surface area contributed by atoms with E-state index in [4.69, 9.17) is 4.42 Å². The van der Waals surface area contributed by atoms with E-state index in [9.17, 15) is 9.59 Å². The standard InChI is InChI=1S/C20H21N3O3/c1-4-22(16-8-5-7-14(2)13-16)20(25)15(3)23-19(24)11-10-17(21-23)18-9-6-12-26-18/h5-13,15H,4H2,1-3H3. The van der Waals surface area contributed by atoms with E-state index < -0.39 is 6.04 Å². The number of anilines is 1. The summed E-state index contributed by atoms with van der Waals surface area (Å²) in [6.45, 7) is 6.06. The Morgan fingerprint density at radius 1 is 1.23 bits per heavy atom. The highest BCUT2D eigenvalue weighted by molar-refractivity contribution is 5.95. The van der Waals surface area contributed by atoms with Gasteiger partial charge in [0, 0.05) is 18.3 Å². The van der Waals surface area contributed by atoms with Crippen molar-refractivity contribution in [3.05, 3.63) is 70.7 Å². The van der Waals surface area contributed by atoms with Crippen molar-refractivity contribution in [3.8, 4) is 11.5 Å². The second-order valence-corrected chi connectivity index (χ2v) is 6.08. The molecule has 1 aromatic carbocycles. The number of carbonyl (C=O) groups excluding carboxylic acids is 1. The van der Waals surface area contributed by atoms with Crippen LogP contribution < -0.4 is 10.5 Å². The van der Waals surface area contributed by atoms with Crippen molar-refractivity contribution < 1.29 is 9.21 Å². The number of aromatic nitrogens is 2.